The van der Waals surface area contributed by atoms with Crippen LogP contribution in [0.5, 0.6) is 0 Å². The number of carbonyl (C=O) groups is 3. The number of carbonyl (C=O) groups excluding carboxylic acids is 3. The Labute approximate surface area is 177 Å². The van der Waals surface area contributed by atoms with E-state index >= 15 is 0 Å². The molecule has 162 valence electrons. The van der Waals surface area contributed by atoms with Crippen molar-refractivity contribution in [2.24, 2.45) is 5.92 Å². The molecular formula is C23H21F3N2O3. The molecule has 0 bridgehead atoms. The standard InChI is InChI=1S/C23H21F3N2O3/c1-11-4-14(22-17(26)8-16(25)10-28-22)5-12(2)20(11)21-18(29)6-15(23(21)31)7-19(30)27-9-13(3)24/h4-5,8,10,15,21H,3,6-7,9H2,1-2H3,(H,27,30). The van der Waals surface area contributed by atoms with Crippen LogP contribution in [0, 0.1) is 31.4 Å². The molecule has 0 radical (unpaired) electrons. The van der Waals surface area contributed by atoms with E-state index in [4.69, 9.17) is 0 Å². The molecule has 2 atom stereocenters. The number of halogens is 3. The summed E-state index contributed by atoms with van der Waals surface area (Å²) in [6.07, 6.45) is 0.617. The second kappa shape index (κ2) is 8.83. The van der Waals surface area contributed by atoms with Crippen molar-refractivity contribution in [1.82, 2.24) is 10.3 Å². The molecule has 2 aromatic rings. The lowest BCUT2D eigenvalue weighted by molar-refractivity contribution is -0.128. The smallest absolute Gasteiger partial charge is 0.221 e. The van der Waals surface area contributed by atoms with Crippen LogP contribution in [0.1, 0.15) is 35.4 Å². The fourth-order valence-electron chi connectivity index (χ4n) is 4.02. The molecule has 1 aliphatic rings. The molecule has 1 N–H and O–H groups in total. The molecule has 1 aromatic carbocycles. The van der Waals surface area contributed by atoms with Gasteiger partial charge in [0.15, 0.2) is 11.6 Å². The summed E-state index contributed by atoms with van der Waals surface area (Å²) >= 11 is 0. The van der Waals surface area contributed by atoms with Gasteiger partial charge in [-0.3, -0.25) is 19.4 Å². The molecule has 2 unspecified atom stereocenters. The van der Waals surface area contributed by atoms with Gasteiger partial charge in [-0.05, 0) is 42.7 Å². The average Bonchev–Trinajstić information content (AvgIpc) is 2.93. The number of hydrogen-bond acceptors (Lipinski definition) is 4. The lowest BCUT2D eigenvalue weighted by atomic mass is 9.85. The first-order chi connectivity index (χ1) is 14.6. The quantitative estimate of drug-likeness (QED) is 0.706. The molecule has 3 rings (SSSR count). The zero-order chi connectivity index (χ0) is 22.9. The zero-order valence-electron chi connectivity index (χ0n) is 17.1. The van der Waals surface area contributed by atoms with Gasteiger partial charge >= 0.3 is 0 Å². The van der Waals surface area contributed by atoms with Crippen LogP contribution in [0.15, 0.2) is 36.8 Å². The second-order valence-electron chi connectivity index (χ2n) is 7.71. The highest BCUT2D eigenvalue weighted by Gasteiger charge is 2.43. The van der Waals surface area contributed by atoms with Gasteiger partial charge in [0, 0.05) is 30.4 Å². The second-order valence-corrected chi connectivity index (χ2v) is 7.71. The molecule has 31 heavy (non-hydrogen) atoms. The number of hydrogen-bond donors (Lipinski definition) is 1. The van der Waals surface area contributed by atoms with Crippen molar-refractivity contribution in [3.8, 4) is 11.3 Å². The number of nitrogens with one attached hydrogen (secondary N) is 1. The molecular weight excluding hydrogens is 409 g/mol. The van der Waals surface area contributed by atoms with Crippen LogP contribution in [0.25, 0.3) is 11.3 Å². The average molecular weight is 430 g/mol. The summed E-state index contributed by atoms with van der Waals surface area (Å²) in [5, 5.41) is 2.31. The number of aromatic nitrogens is 1. The minimum Gasteiger partial charge on any atom is -0.350 e. The Balaban J connectivity index is 1.87. The predicted octanol–water partition coefficient (Wildman–Crippen LogP) is 3.87. The van der Waals surface area contributed by atoms with Crippen molar-refractivity contribution in [3.63, 3.8) is 0 Å². The fourth-order valence-corrected chi connectivity index (χ4v) is 4.02. The highest BCUT2D eigenvalue weighted by molar-refractivity contribution is 6.15. The first-order valence-corrected chi connectivity index (χ1v) is 9.67. The molecule has 0 aliphatic heterocycles. The molecule has 8 heteroatoms. The van der Waals surface area contributed by atoms with Crippen molar-refractivity contribution in [2.75, 3.05) is 6.54 Å². The lowest BCUT2D eigenvalue weighted by Gasteiger charge is -2.17. The van der Waals surface area contributed by atoms with Crippen molar-refractivity contribution < 1.29 is 27.6 Å². The van der Waals surface area contributed by atoms with Crippen molar-refractivity contribution in [3.05, 3.63) is 65.1 Å². The maximum Gasteiger partial charge on any atom is 0.221 e. The maximum atomic E-state index is 14.1. The fraction of sp³-hybridized carbons (Fsp3) is 0.304. The van der Waals surface area contributed by atoms with E-state index < -0.39 is 35.2 Å². The normalized spacial score (nSPS) is 18.4. The van der Waals surface area contributed by atoms with E-state index in [0.717, 1.165) is 12.3 Å². The Bertz CT molecular complexity index is 1070. The third-order valence-corrected chi connectivity index (χ3v) is 5.33. The molecule has 1 fully saturated rings. The van der Waals surface area contributed by atoms with Crippen molar-refractivity contribution >= 4 is 17.5 Å². The van der Waals surface area contributed by atoms with Gasteiger partial charge in [-0.15, -0.1) is 0 Å². The van der Waals surface area contributed by atoms with Gasteiger partial charge in [-0.2, -0.15) is 0 Å². The van der Waals surface area contributed by atoms with Gasteiger partial charge < -0.3 is 5.32 Å². The third-order valence-electron chi connectivity index (χ3n) is 5.33. The Morgan fingerprint density at radius 1 is 1.19 bits per heavy atom. The molecule has 1 amide bonds. The summed E-state index contributed by atoms with van der Waals surface area (Å²) in [7, 11) is 0. The van der Waals surface area contributed by atoms with Crippen LogP contribution in [-0.4, -0.2) is 29.0 Å². The summed E-state index contributed by atoms with van der Waals surface area (Å²) in [6, 6.07) is 3.93. The Kier molecular flexibility index (Phi) is 6.38. The van der Waals surface area contributed by atoms with E-state index in [1.54, 1.807) is 26.0 Å². The van der Waals surface area contributed by atoms with E-state index in [9.17, 15) is 27.6 Å². The summed E-state index contributed by atoms with van der Waals surface area (Å²) in [4.78, 5) is 41.3. The number of rotatable bonds is 6. The van der Waals surface area contributed by atoms with Gasteiger partial charge in [-0.25, -0.2) is 13.2 Å². The van der Waals surface area contributed by atoms with Crippen LogP contribution < -0.4 is 5.32 Å². The molecule has 0 spiro atoms. The minimum absolute atomic E-state index is 0.0350. The maximum absolute atomic E-state index is 14.1. The number of ketones is 2. The molecule has 1 aromatic heterocycles. The molecule has 0 saturated heterocycles. The third kappa shape index (κ3) is 4.73. The van der Waals surface area contributed by atoms with Crippen molar-refractivity contribution in [1.29, 1.82) is 0 Å². The Morgan fingerprint density at radius 3 is 2.42 bits per heavy atom. The van der Waals surface area contributed by atoms with E-state index in [-0.39, 0.29) is 36.6 Å². The number of benzene rings is 1. The van der Waals surface area contributed by atoms with Gasteiger partial charge in [0.25, 0.3) is 0 Å². The number of Topliss-reactive ketones (excluding diaryl/α,β-unsaturated/α-hetero) is 2. The summed E-state index contributed by atoms with van der Waals surface area (Å²) in [6.45, 7) is 6.09. The van der Waals surface area contributed by atoms with E-state index in [1.165, 1.54) is 0 Å². The summed E-state index contributed by atoms with van der Waals surface area (Å²) in [5.41, 5.74) is 2.06. The Morgan fingerprint density at radius 2 is 1.84 bits per heavy atom. The van der Waals surface area contributed by atoms with Gasteiger partial charge in [0.1, 0.15) is 29.0 Å². The highest BCUT2D eigenvalue weighted by Crippen LogP contribution is 2.38. The predicted molar refractivity (Wildman–Crippen MR) is 108 cm³/mol. The summed E-state index contributed by atoms with van der Waals surface area (Å²) < 4.78 is 40.0. The van der Waals surface area contributed by atoms with Gasteiger partial charge in [0.05, 0.1) is 12.7 Å². The van der Waals surface area contributed by atoms with E-state index in [2.05, 4.69) is 16.9 Å². The van der Waals surface area contributed by atoms with E-state index in [1.807, 2.05) is 0 Å². The number of pyridine rings is 1. The minimum atomic E-state index is -1.02. The zero-order valence-corrected chi connectivity index (χ0v) is 17.1. The Hall–Kier alpha value is -3.29. The van der Waals surface area contributed by atoms with Gasteiger partial charge in [-0.1, -0.05) is 6.58 Å². The molecule has 1 aliphatic carbocycles. The van der Waals surface area contributed by atoms with Gasteiger partial charge in [0.2, 0.25) is 5.91 Å². The number of nitrogens with zero attached hydrogens (tertiary/aromatic N) is 1. The van der Waals surface area contributed by atoms with Crippen molar-refractivity contribution in [2.45, 2.75) is 32.6 Å². The lowest BCUT2D eigenvalue weighted by Crippen LogP contribution is -2.28. The first kappa shape index (κ1) is 22.4. The van der Waals surface area contributed by atoms with E-state index in [0.29, 0.717) is 22.3 Å². The molecule has 1 saturated carbocycles. The number of amides is 1. The summed E-state index contributed by atoms with van der Waals surface area (Å²) in [5.74, 6) is -5.34. The monoisotopic (exact) mass is 430 g/mol. The first-order valence-electron chi connectivity index (χ1n) is 9.67. The molecule has 1 heterocycles. The molecule has 5 nitrogen and oxygen atoms in total. The largest absolute Gasteiger partial charge is 0.350 e. The van der Waals surface area contributed by atoms with Crippen LogP contribution in [0.4, 0.5) is 13.2 Å². The topological polar surface area (TPSA) is 76.1 Å². The number of aryl methyl sites for hydroxylation is 2. The SMILES string of the molecule is C=C(F)CNC(=O)CC1CC(=O)C(c2c(C)cc(-c3ncc(F)cc3F)cc2C)C1=O. The van der Waals surface area contributed by atoms with Crippen LogP contribution in [0.3, 0.4) is 0 Å². The highest BCUT2D eigenvalue weighted by atomic mass is 19.1. The van der Waals surface area contributed by atoms with Crippen LogP contribution >= 0.6 is 0 Å². The van der Waals surface area contributed by atoms with Crippen LogP contribution in [-0.2, 0) is 14.4 Å². The van der Waals surface area contributed by atoms with Crippen LogP contribution in [0.2, 0.25) is 0 Å².